The number of carbonyl (C=O) groups is 1. The predicted molar refractivity (Wildman–Crippen MR) is 74.3 cm³/mol. The van der Waals surface area contributed by atoms with Crippen molar-refractivity contribution in [2.45, 2.75) is 25.4 Å². The molecule has 0 bridgehead atoms. The summed E-state index contributed by atoms with van der Waals surface area (Å²) in [6.45, 7) is 3.43. The first-order valence-corrected chi connectivity index (χ1v) is 6.57. The molecule has 2 heterocycles. The van der Waals surface area contributed by atoms with Crippen LogP contribution in [0.2, 0.25) is 0 Å². The summed E-state index contributed by atoms with van der Waals surface area (Å²) in [6.07, 6.45) is 1.94. The second-order valence-electron chi connectivity index (χ2n) is 5.14. The molecule has 1 fully saturated rings. The van der Waals surface area contributed by atoms with Crippen molar-refractivity contribution in [3.05, 3.63) is 23.9 Å². The Hall–Kier alpha value is -1.62. The van der Waals surface area contributed by atoms with Gasteiger partial charge in [0.2, 0.25) is 0 Å². The number of anilines is 1. The minimum atomic E-state index is -0.242. The van der Waals surface area contributed by atoms with Crippen molar-refractivity contribution in [1.29, 1.82) is 0 Å². The first-order valence-electron chi connectivity index (χ1n) is 6.57. The predicted octanol–water partition coefficient (Wildman–Crippen LogP) is 1.76. The van der Waals surface area contributed by atoms with Crippen LogP contribution in [0, 0.1) is 0 Å². The molecule has 5 nitrogen and oxygen atoms in total. The maximum absolute atomic E-state index is 12.5. The number of likely N-dealkylation sites (tertiary alicyclic amines) is 1. The van der Waals surface area contributed by atoms with E-state index in [0.717, 1.165) is 19.4 Å². The van der Waals surface area contributed by atoms with Gasteiger partial charge in [-0.3, -0.25) is 4.79 Å². The van der Waals surface area contributed by atoms with Gasteiger partial charge in [-0.15, -0.1) is 0 Å². The zero-order valence-electron chi connectivity index (χ0n) is 11.8. The number of methoxy groups -OCH3 is 1. The third-order valence-corrected chi connectivity index (χ3v) is 3.66. The summed E-state index contributed by atoms with van der Waals surface area (Å²) < 4.78 is 5.51. The van der Waals surface area contributed by atoms with Crippen LogP contribution >= 0.6 is 0 Å². The number of hydrogen-bond acceptors (Lipinski definition) is 4. The number of rotatable bonds is 3. The van der Waals surface area contributed by atoms with E-state index in [0.29, 0.717) is 18.1 Å². The molecule has 104 valence electrons. The molecule has 1 saturated heterocycles. The van der Waals surface area contributed by atoms with Crippen molar-refractivity contribution in [3.63, 3.8) is 0 Å². The molecule has 1 aromatic heterocycles. The van der Waals surface area contributed by atoms with E-state index in [1.165, 1.54) is 0 Å². The molecule has 0 spiro atoms. The van der Waals surface area contributed by atoms with Crippen LogP contribution in [-0.2, 0) is 4.74 Å². The van der Waals surface area contributed by atoms with Gasteiger partial charge in [0.1, 0.15) is 11.5 Å². The minimum absolute atomic E-state index is 0.0277. The molecule has 0 saturated carbocycles. The molecule has 1 amide bonds. The molecular weight excluding hydrogens is 242 g/mol. The third-order valence-electron chi connectivity index (χ3n) is 3.66. The summed E-state index contributed by atoms with van der Waals surface area (Å²) in [7, 11) is 3.49. The van der Waals surface area contributed by atoms with Crippen LogP contribution < -0.4 is 5.32 Å². The molecule has 0 aromatic carbocycles. The normalized spacial score (nSPS) is 23.2. The van der Waals surface area contributed by atoms with Crippen LogP contribution in [0.3, 0.4) is 0 Å². The molecule has 0 radical (unpaired) electrons. The van der Waals surface area contributed by atoms with Crippen molar-refractivity contribution in [3.8, 4) is 0 Å². The minimum Gasteiger partial charge on any atom is -0.377 e. The SMILES string of the molecule is CNc1cccc(C(=O)N2CCCC(C)(OC)C2)n1. The summed E-state index contributed by atoms with van der Waals surface area (Å²) in [6, 6.07) is 5.43. The number of ether oxygens (including phenoxy) is 1. The van der Waals surface area contributed by atoms with Crippen LogP contribution in [0.15, 0.2) is 18.2 Å². The lowest BCUT2D eigenvalue weighted by molar-refractivity contribution is -0.0441. The number of amides is 1. The fourth-order valence-corrected chi connectivity index (χ4v) is 2.40. The van der Waals surface area contributed by atoms with Crippen LogP contribution in [0.25, 0.3) is 0 Å². The van der Waals surface area contributed by atoms with Crippen molar-refractivity contribution < 1.29 is 9.53 Å². The maximum Gasteiger partial charge on any atom is 0.272 e. The Labute approximate surface area is 114 Å². The van der Waals surface area contributed by atoms with Crippen molar-refractivity contribution in [2.24, 2.45) is 0 Å². The van der Waals surface area contributed by atoms with Crippen LogP contribution in [0.5, 0.6) is 0 Å². The van der Waals surface area contributed by atoms with Gasteiger partial charge < -0.3 is 15.0 Å². The lowest BCUT2D eigenvalue weighted by Gasteiger charge is -2.39. The van der Waals surface area contributed by atoms with Gasteiger partial charge in [-0.1, -0.05) is 6.07 Å². The summed E-state index contributed by atoms with van der Waals surface area (Å²) in [5, 5.41) is 2.95. The Morgan fingerprint density at radius 3 is 3.00 bits per heavy atom. The van der Waals surface area contributed by atoms with E-state index in [1.807, 2.05) is 24.0 Å². The Bertz CT molecular complexity index is 464. The molecule has 1 unspecified atom stereocenters. The summed E-state index contributed by atoms with van der Waals surface area (Å²) in [4.78, 5) is 18.6. The summed E-state index contributed by atoms with van der Waals surface area (Å²) in [5.41, 5.74) is 0.237. The number of pyridine rings is 1. The molecule has 1 atom stereocenters. The number of nitrogens with one attached hydrogen (secondary N) is 1. The standard InChI is InChI=1S/C14H21N3O2/c1-14(19-3)8-5-9-17(10-14)13(18)11-6-4-7-12(15-2)16-11/h4,6-7H,5,8-10H2,1-3H3,(H,15,16). The van der Waals surface area contributed by atoms with E-state index >= 15 is 0 Å². The van der Waals surface area contributed by atoms with Gasteiger partial charge in [0.25, 0.3) is 5.91 Å². The Kier molecular flexibility index (Phi) is 4.04. The molecule has 1 N–H and O–H groups in total. The van der Waals surface area contributed by atoms with E-state index < -0.39 is 0 Å². The first-order chi connectivity index (χ1) is 9.08. The molecule has 2 rings (SSSR count). The second-order valence-corrected chi connectivity index (χ2v) is 5.14. The van der Waals surface area contributed by atoms with Crippen LogP contribution in [0.4, 0.5) is 5.82 Å². The van der Waals surface area contributed by atoms with Gasteiger partial charge in [0.15, 0.2) is 0 Å². The molecule has 1 aliphatic heterocycles. The molecule has 1 aliphatic rings. The van der Waals surface area contributed by atoms with E-state index in [4.69, 9.17) is 4.74 Å². The Morgan fingerprint density at radius 2 is 2.32 bits per heavy atom. The second kappa shape index (κ2) is 5.57. The molecule has 19 heavy (non-hydrogen) atoms. The topological polar surface area (TPSA) is 54.5 Å². The lowest BCUT2D eigenvalue weighted by Crippen LogP contribution is -2.49. The van der Waals surface area contributed by atoms with Crippen molar-refractivity contribution in [2.75, 3.05) is 32.6 Å². The maximum atomic E-state index is 12.5. The first kappa shape index (κ1) is 13.8. The number of hydrogen-bond donors (Lipinski definition) is 1. The monoisotopic (exact) mass is 263 g/mol. The number of piperidine rings is 1. The van der Waals surface area contributed by atoms with Gasteiger partial charge in [0, 0.05) is 27.2 Å². The Morgan fingerprint density at radius 1 is 1.53 bits per heavy atom. The lowest BCUT2D eigenvalue weighted by atomic mass is 9.94. The Balaban J connectivity index is 2.14. The molecule has 5 heteroatoms. The zero-order valence-corrected chi connectivity index (χ0v) is 11.8. The zero-order chi connectivity index (χ0) is 13.9. The third kappa shape index (κ3) is 3.04. The highest BCUT2D eigenvalue weighted by atomic mass is 16.5. The van der Waals surface area contributed by atoms with E-state index in [-0.39, 0.29) is 11.5 Å². The summed E-state index contributed by atoms with van der Waals surface area (Å²) in [5.74, 6) is 0.678. The molecule has 0 aliphatic carbocycles. The largest absolute Gasteiger partial charge is 0.377 e. The van der Waals surface area contributed by atoms with Crippen LogP contribution in [-0.4, -0.2) is 48.6 Å². The fraction of sp³-hybridized carbons (Fsp3) is 0.571. The molecule has 1 aromatic rings. The van der Waals surface area contributed by atoms with Crippen molar-refractivity contribution >= 4 is 11.7 Å². The number of carbonyl (C=O) groups excluding carboxylic acids is 1. The number of nitrogens with zero attached hydrogens (tertiary/aromatic N) is 2. The average Bonchev–Trinajstić information content (AvgIpc) is 2.46. The highest BCUT2D eigenvalue weighted by molar-refractivity contribution is 5.92. The van der Waals surface area contributed by atoms with E-state index in [9.17, 15) is 4.79 Å². The fourth-order valence-electron chi connectivity index (χ4n) is 2.40. The van der Waals surface area contributed by atoms with E-state index in [2.05, 4.69) is 10.3 Å². The van der Waals surface area contributed by atoms with Gasteiger partial charge >= 0.3 is 0 Å². The van der Waals surface area contributed by atoms with Gasteiger partial charge in [-0.2, -0.15) is 0 Å². The number of aromatic nitrogens is 1. The highest BCUT2D eigenvalue weighted by Gasteiger charge is 2.33. The van der Waals surface area contributed by atoms with E-state index in [1.54, 1.807) is 20.2 Å². The van der Waals surface area contributed by atoms with Gasteiger partial charge in [-0.05, 0) is 31.9 Å². The smallest absolute Gasteiger partial charge is 0.272 e. The van der Waals surface area contributed by atoms with Gasteiger partial charge in [-0.25, -0.2) is 4.98 Å². The quantitative estimate of drug-likeness (QED) is 0.903. The molecular formula is C14H21N3O2. The highest BCUT2D eigenvalue weighted by Crippen LogP contribution is 2.24. The van der Waals surface area contributed by atoms with Gasteiger partial charge in [0.05, 0.1) is 5.60 Å². The van der Waals surface area contributed by atoms with Crippen molar-refractivity contribution in [1.82, 2.24) is 9.88 Å². The summed E-state index contributed by atoms with van der Waals surface area (Å²) >= 11 is 0. The average molecular weight is 263 g/mol. The van der Waals surface area contributed by atoms with Crippen LogP contribution in [0.1, 0.15) is 30.3 Å².